The summed E-state index contributed by atoms with van der Waals surface area (Å²) in [6.45, 7) is 0.718. The zero-order chi connectivity index (χ0) is 33.5. The van der Waals surface area contributed by atoms with Crippen LogP contribution in [0.1, 0.15) is 60.4 Å². The highest BCUT2D eigenvalue weighted by Crippen LogP contribution is 2.36. The molecule has 6 rings (SSSR count). The molecule has 1 aliphatic carbocycles. The smallest absolute Gasteiger partial charge is 0.326 e. The minimum atomic E-state index is -1.19. The number of nitrogens with one attached hydrogen (secondary N) is 1. The SMILES string of the molecule is O=C(N[C@@H](Cc1ccc(-c2ccccc2)cc1)C(=O)O)C1c2cc(OCCc3ccc(F)cc3)ccc2CCN1C(=O)CC1CCCC1. The van der Waals surface area contributed by atoms with Crippen molar-refractivity contribution in [3.8, 4) is 16.9 Å². The van der Waals surface area contributed by atoms with Crippen molar-refractivity contribution in [2.45, 2.75) is 63.5 Å². The molecule has 4 aromatic rings. The number of rotatable bonds is 12. The quantitative estimate of drug-likeness (QED) is 0.174. The van der Waals surface area contributed by atoms with Crippen molar-refractivity contribution in [3.63, 3.8) is 0 Å². The lowest BCUT2D eigenvalue weighted by Gasteiger charge is -2.37. The summed E-state index contributed by atoms with van der Waals surface area (Å²) < 4.78 is 19.4. The summed E-state index contributed by atoms with van der Waals surface area (Å²) in [5.41, 5.74) is 5.36. The lowest BCUT2D eigenvalue weighted by atomic mass is 9.90. The summed E-state index contributed by atoms with van der Waals surface area (Å²) in [6.07, 6.45) is 5.85. The van der Waals surface area contributed by atoms with Gasteiger partial charge in [-0.3, -0.25) is 9.59 Å². The zero-order valence-electron chi connectivity index (χ0n) is 26.9. The number of nitrogens with zero attached hydrogens (tertiary/aromatic N) is 1. The van der Waals surface area contributed by atoms with E-state index in [-0.39, 0.29) is 18.1 Å². The Morgan fingerprint density at radius 3 is 2.27 bits per heavy atom. The number of carbonyl (C=O) groups excluding carboxylic acids is 2. The van der Waals surface area contributed by atoms with Gasteiger partial charge in [0.2, 0.25) is 11.8 Å². The fourth-order valence-corrected chi connectivity index (χ4v) is 6.90. The van der Waals surface area contributed by atoms with Crippen molar-refractivity contribution < 1.29 is 28.6 Å². The molecule has 1 unspecified atom stereocenters. The predicted octanol–water partition coefficient (Wildman–Crippen LogP) is 6.93. The van der Waals surface area contributed by atoms with Crippen LogP contribution in [0.5, 0.6) is 5.75 Å². The molecule has 0 spiro atoms. The Bertz CT molecular complexity index is 1720. The van der Waals surface area contributed by atoms with Crippen LogP contribution in [0.15, 0.2) is 97.1 Å². The number of carboxylic acid groups (broad SMARTS) is 1. The maximum atomic E-state index is 14.2. The number of ether oxygens (including phenoxy) is 1. The summed E-state index contributed by atoms with van der Waals surface area (Å²) in [5, 5.41) is 13.0. The van der Waals surface area contributed by atoms with E-state index in [4.69, 9.17) is 4.74 Å². The molecule has 2 N–H and O–H groups in total. The van der Waals surface area contributed by atoms with E-state index in [0.29, 0.717) is 49.6 Å². The van der Waals surface area contributed by atoms with E-state index in [0.717, 1.165) is 53.5 Å². The first-order chi connectivity index (χ1) is 23.3. The summed E-state index contributed by atoms with van der Waals surface area (Å²) in [4.78, 5) is 42.0. The Labute approximate surface area is 280 Å². The molecule has 0 radical (unpaired) electrons. The van der Waals surface area contributed by atoms with Crippen molar-refractivity contribution in [1.82, 2.24) is 10.2 Å². The third-order valence-corrected chi connectivity index (χ3v) is 9.54. The van der Waals surface area contributed by atoms with Gasteiger partial charge >= 0.3 is 5.97 Å². The van der Waals surface area contributed by atoms with Crippen LogP contribution in [0.25, 0.3) is 11.1 Å². The van der Waals surface area contributed by atoms with Gasteiger partial charge in [0.05, 0.1) is 6.61 Å². The molecular formula is C40H41FN2O5. The van der Waals surface area contributed by atoms with Gasteiger partial charge in [-0.2, -0.15) is 0 Å². The van der Waals surface area contributed by atoms with Crippen LogP contribution < -0.4 is 10.1 Å². The van der Waals surface area contributed by atoms with E-state index in [9.17, 15) is 23.9 Å². The maximum Gasteiger partial charge on any atom is 0.326 e. The molecule has 1 aliphatic heterocycles. The van der Waals surface area contributed by atoms with Gasteiger partial charge in [0.1, 0.15) is 23.7 Å². The van der Waals surface area contributed by atoms with Crippen LogP contribution in [0.3, 0.4) is 0 Å². The summed E-state index contributed by atoms with van der Waals surface area (Å²) in [7, 11) is 0. The maximum absolute atomic E-state index is 14.2. The lowest BCUT2D eigenvalue weighted by molar-refractivity contribution is -0.145. The minimum Gasteiger partial charge on any atom is -0.493 e. The number of amides is 2. The molecule has 0 bridgehead atoms. The standard InChI is InChI=1S/C40H41FN2O5/c41-33-17-12-27(13-18-33)21-23-48-34-19-16-32-20-22-43(37(44)25-28-6-4-5-7-28)38(35(32)26-34)39(45)42-36(40(46)47)24-29-10-14-31(15-11-29)30-8-2-1-3-9-30/h1-3,8-19,26,28,36,38H,4-7,20-25H2,(H,42,45)(H,46,47)/t36-,38?/m0/s1. The minimum absolute atomic E-state index is 0.0845. The summed E-state index contributed by atoms with van der Waals surface area (Å²) >= 11 is 0. The third kappa shape index (κ3) is 8.11. The highest BCUT2D eigenvalue weighted by atomic mass is 19.1. The number of aliphatic carboxylic acids is 1. The summed E-state index contributed by atoms with van der Waals surface area (Å²) in [6, 6.07) is 27.3. The van der Waals surface area contributed by atoms with E-state index in [2.05, 4.69) is 5.32 Å². The van der Waals surface area contributed by atoms with Crippen molar-refractivity contribution >= 4 is 17.8 Å². The second-order valence-electron chi connectivity index (χ2n) is 12.8. The first-order valence-electron chi connectivity index (χ1n) is 16.8. The largest absolute Gasteiger partial charge is 0.493 e. The van der Waals surface area contributed by atoms with E-state index in [1.807, 2.05) is 66.7 Å². The topological polar surface area (TPSA) is 95.9 Å². The number of hydrogen-bond donors (Lipinski definition) is 2. The van der Waals surface area contributed by atoms with Gasteiger partial charge in [-0.05, 0) is 82.8 Å². The summed E-state index contributed by atoms with van der Waals surface area (Å²) in [5.74, 6) is -1.20. The number of carboxylic acids is 1. The van der Waals surface area contributed by atoms with Gasteiger partial charge < -0.3 is 20.1 Å². The monoisotopic (exact) mass is 648 g/mol. The molecule has 1 saturated carbocycles. The fraction of sp³-hybridized carbons (Fsp3) is 0.325. The van der Waals surface area contributed by atoms with Gasteiger partial charge in [-0.1, -0.05) is 85.6 Å². The highest BCUT2D eigenvalue weighted by Gasteiger charge is 2.38. The molecule has 0 saturated heterocycles. The average molecular weight is 649 g/mol. The molecule has 2 amide bonds. The number of fused-ring (bicyclic) bond motifs is 1. The molecule has 248 valence electrons. The van der Waals surface area contributed by atoms with E-state index >= 15 is 0 Å². The van der Waals surface area contributed by atoms with Gasteiger partial charge in [-0.25, -0.2) is 9.18 Å². The molecule has 1 heterocycles. The van der Waals surface area contributed by atoms with Gasteiger partial charge in [0.15, 0.2) is 0 Å². The van der Waals surface area contributed by atoms with E-state index in [1.54, 1.807) is 23.1 Å². The Hall–Kier alpha value is -4.98. The van der Waals surface area contributed by atoms with Crippen molar-refractivity contribution in [2.24, 2.45) is 5.92 Å². The zero-order valence-corrected chi connectivity index (χ0v) is 26.9. The van der Waals surface area contributed by atoms with Crippen LogP contribution in [0, 0.1) is 11.7 Å². The molecule has 8 heteroatoms. The van der Waals surface area contributed by atoms with Crippen LogP contribution in [-0.4, -0.2) is 47.0 Å². The van der Waals surface area contributed by atoms with Gasteiger partial charge in [0.25, 0.3) is 0 Å². The number of hydrogen-bond acceptors (Lipinski definition) is 4. The second kappa shape index (κ2) is 15.3. The lowest BCUT2D eigenvalue weighted by Crippen LogP contribution is -2.51. The van der Waals surface area contributed by atoms with Crippen molar-refractivity contribution in [2.75, 3.05) is 13.2 Å². The molecule has 0 aromatic heterocycles. The van der Waals surface area contributed by atoms with Crippen LogP contribution in [0.4, 0.5) is 4.39 Å². The third-order valence-electron chi connectivity index (χ3n) is 9.54. The normalized spacial score (nSPS) is 16.6. The Morgan fingerprint density at radius 1 is 0.875 bits per heavy atom. The fourth-order valence-electron chi connectivity index (χ4n) is 6.90. The molecule has 2 atom stereocenters. The Morgan fingerprint density at radius 2 is 1.56 bits per heavy atom. The van der Waals surface area contributed by atoms with Crippen molar-refractivity contribution in [3.05, 3.63) is 125 Å². The van der Waals surface area contributed by atoms with E-state index < -0.39 is 24.0 Å². The predicted molar refractivity (Wildman–Crippen MR) is 182 cm³/mol. The molecule has 48 heavy (non-hydrogen) atoms. The molecule has 4 aromatic carbocycles. The molecule has 2 aliphatic rings. The Balaban J connectivity index is 1.21. The number of carbonyl (C=O) groups is 3. The van der Waals surface area contributed by atoms with Crippen LogP contribution in [0.2, 0.25) is 0 Å². The first kappa shape index (κ1) is 32.9. The molecule has 1 fully saturated rings. The van der Waals surface area contributed by atoms with Crippen LogP contribution >= 0.6 is 0 Å². The molecule has 7 nitrogen and oxygen atoms in total. The number of benzene rings is 4. The second-order valence-corrected chi connectivity index (χ2v) is 12.8. The molecular weight excluding hydrogens is 607 g/mol. The van der Waals surface area contributed by atoms with Crippen molar-refractivity contribution in [1.29, 1.82) is 0 Å². The van der Waals surface area contributed by atoms with Gasteiger partial charge in [0, 0.05) is 25.8 Å². The Kier molecular flexibility index (Phi) is 10.5. The van der Waals surface area contributed by atoms with Gasteiger partial charge in [-0.15, -0.1) is 0 Å². The average Bonchev–Trinajstić information content (AvgIpc) is 3.62. The number of halogens is 1. The van der Waals surface area contributed by atoms with Crippen LogP contribution in [-0.2, 0) is 33.6 Å². The first-order valence-corrected chi connectivity index (χ1v) is 16.8. The van der Waals surface area contributed by atoms with E-state index in [1.165, 1.54) is 12.1 Å². The highest BCUT2D eigenvalue weighted by molar-refractivity contribution is 5.92.